The summed E-state index contributed by atoms with van der Waals surface area (Å²) in [6.45, 7) is 7.32. The monoisotopic (exact) mass is 1580 g/mol. The highest BCUT2D eigenvalue weighted by atomic mass is 31.2. The summed E-state index contributed by atoms with van der Waals surface area (Å²) in [5.74, 6) is -1.39. The van der Waals surface area contributed by atoms with Crippen molar-refractivity contribution in [3.63, 3.8) is 0 Å². The van der Waals surface area contributed by atoms with Crippen molar-refractivity contribution in [1.29, 1.82) is 0 Å². The molecule has 5 atom stereocenters. The first-order chi connectivity index (χ1) is 52.5. The van der Waals surface area contributed by atoms with Gasteiger partial charge in [-0.2, -0.15) is 0 Å². The molecule has 0 aromatic heterocycles. The number of phosphoric acid groups is 2. The van der Waals surface area contributed by atoms with Gasteiger partial charge in [0.05, 0.1) is 26.4 Å². The topological polar surface area (TPSA) is 237 Å². The van der Waals surface area contributed by atoms with Gasteiger partial charge in [0.25, 0.3) is 0 Å². The van der Waals surface area contributed by atoms with Crippen molar-refractivity contribution in [2.45, 2.75) is 502 Å². The van der Waals surface area contributed by atoms with Gasteiger partial charge in [-0.1, -0.05) is 433 Å². The Labute approximate surface area is 664 Å². The van der Waals surface area contributed by atoms with E-state index in [4.69, 9.17) is 37.0 Å². The lowest BCUT2D eigenvalue weighted by molar-refractivity contribution is -0.161. The average Bonchev–Trinajstić information content (AvgIpc) is 0.867. The average molecular weight is 1580 g/mol. The van der Waals surface area contributed by atoms with Crippen LogP contribution in [-0.2, 0) is 65.4 Å². The Morgan fingerprint density at radius 1 is 0.250 bits per heavy atom. The molecule has 0 aliphatic heterocycles. The zero-order chi connectivity index (χ0) is 79.0. The minimum atomic E-state index is -4.97. The van der Waals surface area contributed by atoms with Gasteiger partial charge in [0.15, 0.2) is 12.2 Å². The summed E-state index contributed by atoms with van der Waals surface area (Å²) in [7, 11) is -9.93. The number of aliphatic hydroxyl groups is 1. The molecule has 0 fully saturated rings. The van der Waals surface area contributed by atoms with Gasteiger partial charge in [0, 0.05) is 25.7 Å². The second-order valence-corrected chi connectivity index (χ2v) is 35.4. The van der Waals surface area contributed by atoms with E-state index in [1.807, 2.05) is 0 Å². The van der Waals surface area contributed by atoms with Crippen LogP contribution < -0.4 is 0 Å². The Bertz CT molecular complexity index is 2050. The van der Waals surface area contributed by atoms with E-state index >= 15 is 0 Å². The van der Waals surface area contributed by atoms with Gasteiger partial charge < -0.3 is 33.8 Å². The number of unbranched alkanes of at least 4 members (excludes halogenated alkanes) is 61. The first-order valence-corrected chi connectivity index (χ1v) is 49.1. The predicted molar refractivity (Wildman–Crippen MR) is 446 cm³/mol. The third-order valence-corrected chi connectivity index (χ3v) is 22.9. The van der Waals surface area contributed by atoms with E-state index in [0.29, 0.717) is 31.6 Å². The fourth-order valence-corrected chi connectivity index (χ4v) is 15.6. The highest BCUT2D eigenvalue weighted by Gasteiger charge is 2.30. The van der Waals surface area contributed by atoms with Crippen LogP contribution in [0, 0.1) is 5.92 Å². The summed E-state index contributed by atoms with van der Waals surface area (Å²) < 4.78 is 69.0. The number of aliphatic hydroxyl groups excluding tert-OH is 1. The van der Waals surface area contributed by atoms with E-state index in [1.54, 1.807) is 0 Å². The normalized spacial score (nSPS) is 13.7. The Balaban J connectivity index is 5.20. The molecule has 0 rings (SSSR count). The van der Waals surface area contributed by atoms with E-state index < -0.39 is 97.5 Å². The Hall–Kier alpha value is -1.94. The number of carbonyl (C=O) groups excluding carboxylic acids is 4. The second kappa shape index (κ2) is 81.6. The molecule has 0 heterocycles. The minimum Gasteiger partial charge on any atom is -0.462 e. The van der Waals surface area contributed by atoms with Crippen LogP contribution in [0.5, 0.6) is 0 Å². The Kier molecular flexibility index (Phi) is 80.2. The highest BCUT2D eigenvalue weighted by Crippen LogP contribution is 2.45. The molecule has 0 aliphatic rings. The van der Waals surface area contributed by atoms with Gasteiger partial charge in [-0.3, -0.25) is 37.3 Å². The maximum atomic E-state index is 13.2. The van der Waals surface area contributed by atoms with E-state index in [0.717, 1.165) is 96.3 Å². The lowest BCUT2D eigenvalue weighted by Gasteiger charge is -2.21. The molecule has 0 aliphatic carbocycles. The second-order valence-electron chi connectivity index (χ2n) is 32.5. The smallest absolute Gasteiger partial charge is 0.462 e. The van der Waals surface area contributed by atoms with E-state index in [1.165, 1.54) is 302 Å². The molecule has 17 nitrogen and oxygen atoms in total. The highest BCUT2D eigenvalue weighted by molar-refractivity contribution is 7.47. The van der Waals surface area contributed by atoms with Crippen molar-refractivity contribution in [1.82, 2.24) is 0 Å². The lowest BCUT2D eigenvalue weighted by Crippen LogP contribution is -2.30. The molecule has 0 saturated carbocycles. The van der Waals surface area contributed by atoms with Crippen molar-refractivity contribution < 1.29 is 80.2 Å². The first kappa shape index (κ1) is 106. The van der Waals surface area contributed by atoms with Crippen LogP contribution in [0.3, 0.4) is 0 Å². The molecule has 0 aromatic rings. The van der Waals surface area contributed by atoms with Gasteiger partial charge in [-0.15, -0.1) is 0 Å². The fraction of sp³-hybridized carbons (Fsp3) is 0.955. The molecule has 0 saturated heterocycles. The molecule has 0 radical (unpaired) electrons. The summed E-state index contributed by atoms with van der Waals surface area (Å²) in [5, 5.41) is 10.7. The number of hydrogen-bond donors (Lipinski definition) is 3. The number of carbonyl (C=O) groups is 4. The number of ether oxygens (including phenoxy) is 4. The number of rotatable bonds is 89. The molecule has 108 heavy (non-hydrogen) atoms. The van der Waals surface area contributed by atoms with Gasteiger partial charge in [-0.25, -0.2) is 9.13 Å². The molecule has 2 unspecified atom stereocenters. The summed E-state index contributed by atoms with van der Waals surface area (Å²) in [5.41, 5.74) is 0. The summed E-state index contributed by atoms with van der Waals surface area (Å²) >= 11 is 0. The van der Waals surface area contributed by atoms with E-state index in [9.17, 15) is 43.2 Å². The minimum absolute atomic E-state index is 0.108. The SMILES string of the molecule is CCCCCCCCCCCCCCCCCCCCCCCCC(=O)O[C@H](COC(=O)CCCCCCCCCCCCCCCCCCCCCCC)COP(=O)(O)OC[C@@H](O)COP(=O)(O)OC[C@@H](COC(=O)CCCCCCCCCC(C)C)OC(=O)CCCCCCCCCCCCCCCCC. The third-order valence-electron chi connectivity index (χ3n) is 21.0. The van der Waals surface area contributed by atoms with E-state index in [-0.39, 0.29) is 25.7 Å². The molecule has 0 amide bonds. The number of phosphoric ester groups is 2. The van der Waals surface area contributed by atoms with E-state index in [2.05, 4.69) is 34.6 Å². The Morgan fingerprint density at radius 3 is 0.630 bits per heavy atom. The molecule has 0 bridgehead atoms. The maximum Gasteiger partial charge on any atom is 0.472 e. The van der Waals surface area contributed by atoms with Crippen molar-refractivity contribution in [2.24, 2.45) is 5.92 Å². The van der Waals surface area contributed by atoms with Crippen molar-refractivity contribution in [2.75, 3.05) is 39.6 Å². The van der Waals surface area contributed by atoms with Gasteiger partial charge in [0.2, 0.25) is 0 Å². The quantitative estimate of drug-likeness (QED) is 0.0222. The summed E-state index contributed by atoms with van der Waals surface area (Å²) in [6.07, 6.45) is 76.7. The van der Waals surface area contributed by atoms with Crippen molar-refractivity contribution >= 4 is 39.5 Å². The summed E-state index contributed by atoms with van der Waals surface area (Å²) in [6, 6.07) is 0. The zero-order valence-electron chi connectivity index (χ0n) is 71.0. The van der Waals surface area contributed by atoms with Crippen LogP contribution >= 0.6 is 15.6 Å². The van der Waals surface area contributed by atoms with Gasteiger partial charge in [-0.05, 0) is 31.6 Å². The van der Waals surface area contributed by atoms with Crippen LogP contribution in [-0.4, -0.2) is 96.7 Å². The number of esters is 4. The maximum absolute atomic E-state index is 13.2. The molecular formula is C89H174O17P2. The van der Waals surface area contributed by atoms with Crippen LogP contribution in [0.4, 0.5) is 0 Å². The van der Waals surface area contributed by atoms with Crippen molar-refractivity contribution in [3.05, 3.63) is 0 Å². The first-order valence-electron chi connectivity index (χ1n) is 46.1. The van der Waals surface area contributed by atoms with Crippen LogP contribution in [0.2, 0.25) is 0 Å². The zero-order valence-corrected chi connectivity index (χ0v) is 72.8. The van der Waals surface area contributed by atoms with Crippen LogP contribution in [0.1, 0.15) is 484 Å². The predicted octanol–water partition coefficient (Wildman–Crippen LogP) is 27.5. The Morgan fingerprint density at radius 2 is 0.426 bits per heavy atom. The fourth-order valence-electron chi connectivity index (χ4n) is 14.0. The molecule has 642 valence electrons. The molecule has 0 spiro atoms. The molecular weight excluding hydrogens is 1400 g/mol. The lowest BCUT2D eigenvalue weighted by atomic mass is 10.0. The summed E-state index contributed by atoms with van der Waals surface area (Å²) in [4.78, 5) is 73.3. The number of hydrogen-bond acceptors (Lipinski definition) is 15. The van der Waals surface area contributed by atoms with Crippen LogP contribution in [0.15, 0.2) is 0 Å². The standard InChI is InChI=1S/C89H174O17P2/c1-6-9-12-15-18-21-24-27-30-32-34-36-38-40-42-45-48-51-54-59-65-70-75-88(93)105-84(78-99-86(91)72-67-62-57-52-49-46-44-41-39-37-35-33-31-28-25-22-19-16-13-10-7-2)80-103-107(95,96)101-76-83(90)77-102-108(97,98)104-81-85(79-100-87(92)73-68-63-60-55-56-61-66-71-82(4)5)106-89(94)74-69-64-58-53-50-47-43-29-26-23-20-17-14-11-8-3/h82-85,90H,6-81H2,1-5H3,(H,95,96)(H,97,98)/t83-,84-,85-/m1/s1. The van der Waals surface area contributed by atoms with Gasteiger partial charge in [0.1, 0.15) is 19.3 Å². The third kappa shape index (κ3) is 82.1. The molecule has 3 N–H and O–H groups in total. The molecule has 0 aromatic carbocycles. The van der Waals surface area contributed by atoms with Gasteiger partial charge >= 0.3 is 39.5 Å². The largest absolute Gasteiger partial charge is 0.472 e. The van der Waals surface area contributed by atoms with Crippen LogP contribution in [0.25, 0.3) is 0 Å². The molecule has 19 heteroatoms. The van der Waals surface area contributed by atoms with Crippen molar-refractivity contribution in [3.8, 4) is 0 Å².